The standard InChI is InChI=1S/C13H15N3OS/c1-9-5-6-18-11(9)7-13(17)16-10-3-4-12(14-2)15-8-10/h3-6,8H,7H2,1-2H3,(H,14,15)(H,16,17). The van der Waals surface area contributed by atoms with Crippen molar-refractivity contribution in [3.8, 4) is 0 Å². The highest BCUT2D eigenvalue weighted by atomic mass is 32.1. The molecule has 0 spiro atoms. The fraction of sp³-hybridized carbons (Fsp3) is 0.231. The van der Waals surface area contributed by atoms with E-state index in [1.807, 2.05) is 30.5 Å². The lowest BCUT2D eigenvalue weighted by atomic mass is 10.2. The van der Waals surface area contributed by atoms with Gasteiger partial charge in [0.1, 0.15) is 5.82 Å². The van der Waals surface area contributed by atoms with E-state index in [4.69, 9.17) is 0 Å². The molecule has 0 saturated heterocycles. The molecular formula is C13H15N3OS. The van der Waals surface area contributed by atoms with Gasteiger partial charge in [0, 0.05) is 11.9 Å². The minimum absolute atomic E-state index is 0.0143. The number of hydrogen-bond donors (Lipinski definition) is 2. The number of aromatic nitrogens is 1. The minimum atomic E-state index is -0.0143. The molecule has 18 heavy (non-hydrogen) atoms. The monoisotopic (exact) mass is 261 g/mol. The minimum Gasteiger partial charge on any atom is -0.373 e. The maximum absolute atomic E-state index is 11.8. The molecule has 0 unspecified atom stereocenters. The molecule has 0 aromatic carbocycles. The predicted octanol–water partition coefficient (Wildman–Crippen LogP) is 2.67. The van der Waals surface area contributed by atoms with Gasteiger partial charge < -0.3 is 10.6 Å². The zero-order valence-electron chi connectivity index (χ0n) is 10.4. The largest absolute Gasteiger partial charge is 0.373 e. The normalized spacial score (nSPS) is 10.1. The lowest BCUT2D eigenvalue weighted by Crippen LogP contribution is -2.14. The smallest absolute Gasteiger partial charge is 0.229 e. The van der Waals surface area contributed by atoms with E-state index in [1.165, 1.54) is 5.56 Å². The summed E-state index contributed by atoms with van der Waals surface area (Å²) in [4.78, 5) is 17.1. The Hall–Kier alpha value is -1.88. The highest BCUT2D eigenvalue weighted by Gasteiger charge is 2.07. The summed E-state index contributed by atoms with van der Waals surface area (Å²) in [5.74, 6) is 0.765. The van der Waals surface area contributed by atoms with Crippen LogP contribution in [0.4, 0.5) is 11.5 Å². The van der Waals surface area contributed by atoms with Gasteiger partial charge >= 0.3 is 0 Å². The molecule has 2 N–H and O–H groups in total. The number of pyridine rings is 1. The van der Waals surface area contributed by atoms with E-state index in [9.17, 15) is 4.79 Å². The molecule has 5 heteroatoms. The molecular weight excluding hydrogens is 246 g/mol. The van der Waals surface area contributed by atoms with Crippen LogP contribution in [0, 0.1) is 6.92 Å². The van der Waals surface area contributed by atoms with Crippen LogP contribution in [0.3, 0.4) is 0 Å². The number of aryl methyl sites for hydroxylation is 1. The number of amides is 1. The summed E-state index contributed by atoms with van der Waals surface area (Å²) in [6.45, 7) is 2.02. The van der Waals surface area contributed by atoms with Gasteiger partial charge in [0.25, 0.3) is 0 Å². The third-order valence-corrected chi connectivity index (χ3v) is 3.62. The number of thiophene rings is 1. The second-order valence-corrected chi connectivity index (χ2v) is 4.93. The predicted molar refractivity (Wildman–Crippen MR) is 75.2 cm³/mol. The van der Waals surface area contributed by atoms with Crippen LogP contribution in [0.5, 0.6) is 0 Å². The van der Waals surface area contributed by atoms with Gasteiger partial charge in [-0.2, -0.15) is 0 Å². The molecule has 1 amide bonds. The summed E-state index contributed by atoms with van der Waals surface area (Å²) < 4.78 is 0. The van der Waals surface area contributed by atoms with E-state index in [0.29, 0.717) is 12.1 Å². The first-order valence-electron chi connectivity index (χ1n) is 5.65. The number of hydrogen-bond acceptors (Lipinski definition) is 4. The maximum Gasteiger partial charge on any atom is 0.229 e. The highest BCUT2D eigenvalue weighted by molar-refractivity contribution is 7.10. The SMILES string of the molecule is CNc1ccc(NC(=O)Cc2sccc2C)cn1. The Balaban J connectivity index is 1.96. The average molecular weight is 261 g/mol. The van der Waals surface area contributed by atoms with E-state index in [2.05, 4.69) is 15.6 Å². The summed E-state index contributed by atoms with van der Waals surface area (Å²) in [5, 5.41) is 7.77. The molecule has 0 aliphatic heterocycles. The van der Waals surface area contributed by atoms with Gasteiger partial charge in [0.05, 0.1) is 18.3 Å². The lowest BCUT2D eigenvalue weighted by molar-refractivity contribution is -0.115. The van der Waals surface area contributed by atoms with Crippen LogP contribution in [-0.2, 0) is 11.2 Å². The Labute approximate surface area is 110 Å². The first-order valence-corrected chi connectivity index (χ1v) is 6.53. The average Bonchev–Trinajstić information content (AvgIpc) is 2.76. The highest BCUT2D eigenvalue weighted by Crippen LogP contribution is 2.17. The molecule has 2 aromatic rings. The quantitative estimate of drug-likeness (QED) is 0.889. The van der Waals surface area contributed by atoms with Gasteiger partial charge in [0.2, 0.25) is 5.91 Å². The van der Waals surface area contributed by atoms with Crippen molar-refractivity contribution in [1.29, 1.82) is 0 Å². The Morgan fingerprint density at radius 3 is 2.78 bits per heavy atom. The van der Waals surface area contributed by atoms with Crippen molar-refractivity contribution in [1.82, 2.24) is 4.98 Å². The van der Waals surface area contributed by atoms with Crippen LogP contribution < -0.4 is 10.6 Å². The molecule has 0 atom stereocenters. The van der Waals surface area contributed by atoms with E-state index < -0.39 is 0 Å². The summed E-state index contributed by atoms with van der Waals surface area (Å²) in [6, 6.07) is 5.68. The zero-order valence-corrected chi connectivity index (χ0v) is 11.2. The second kappa shape index (κ2) is 5.64. The molecule has 0 saturated carbocycles. The number of carbonyl (C=O) groups excluding carboxylic acids is 1. The Morgan fingerprint density at radius 2 is 2.22 bits per heavy atom. The topological polar surface area (TPSA) is 54.0 Å². The maximum atomic E-state index is 11.8. The van der Waals surface area contributed by atoms with E-state index in [0.717, 1.165) is 10.7 Å². The molecule has 0 bridgehead atoms. The third kappa shape index (κ3) is 3.07. The Morgan fingerprint density at radius 1 is 1.39 bits per heavy atom. The molecule has 2 heterocycles. The van der Waals surface area contributed by atoms with Gasteiger partial charge in [-0.1, -0.05) is 0 Å². The third-order valence-electron chi connectivity index (χ3n) is 2.59. The second-order valence-electron chi connectivity index (χ2n) is 3.93. The van der Waals surface area contributed by atoms with Crippen molar-refractivity contribution in [2.45, 2.75) is 13.3 Å². The molecule has 2 rings (SSSR count). The summed E-state index contributed by atoms with van der Waals surface area (Å²) >= 11 is 1.61. The number of nitrogens with one attached hydrogen (secondary N) is 2. The lowest BCUT2D eigenvalue weighted by Gasteiger charge is -2.05. The van der Waals surface area contributed by atoms with Crippen molar-refractivity contribution >= 4 is 28.7 Å². The molecule has 0 radical (unpaired) electrons. The van der Waals surface area contributed by atoms with Gasteiger partial charge in [-0.25, -0.2) is 4.98 Å². The van der Waals surface area contributed by atoms with Gasteiger partial charge in [-0.05, 0) is 36.1 Å². The first-order chi connectivity index (χ1) is 8.69. The number of carbonyl (C=O) groups is 1. The van der Waals surface area contributed by atoms with Crippen LogP contribution in [-0.4, -0.2) is 17.9 Å². The summed E-state index contributed by atoms with van der Waals surface area (Å²) in [5.41, 5.74) is 1.88. The summed E-state index contributed by atoms with van der Waals surface area (Å²) in [7, 11) is 1.81. The molecule has 2 aromatic heterocycles. The Kier molecular flexibility index (Phi) is 3.94. The number of anilines is 2. The molecule has 0 aliphatic rings. The van der Waals surface area contributed by atoms with Gasteiger partial charge in [-0.15, -0.1) is 11.3 Å². The van der Waals surface area contributed by atoms with Crippen molar-refractivity contribution in [2.75, 3.05) is 17.7 Å². The number of rotatable bonds is 4. The van der Waals surface area contributed by atoms with Crippen molar-refractivity contribution in [3.05, 3.63) is 40.2 Å². The number of nitrogens with zero attached hydrogens (tertiary/aromatic N) is 1. The molecule has 0 fully saturated rings. The molecule has 0 aliphatic carbocycles. The zero-order chi connectivity index (χ0) is 13.0. The van der Waals surface area contributed by atoms with Crippen LogP contribution in [0.15, 0.2) is 29.8 Å². The Bertz CT molecular complexity index is 533. The van der Waals surface area contributed by atoms with Crippen molar-refractivity contribution < 1.29 is 4.79 Å². The van der Waals surface area contributed by atoms with E-state index >= 15 is 0 Å². The van der Waals surface area contributed by atoms with Crippen molar-refractivity contribution in [2.24, 2.45) is 0 Å². The molecule has 94 valence electrons. The summed E-state index contributed by atoms with van der Waals surface area (Å²) in [6.07, 6.45) is 2.06. The van der Waals surface area contributed by atoms with Crippen LogP contribution >= 0.6 is 11.3 Å². The van der Waals surface area contributed by atoms with Crippen molar-refractivity contribution in [3.63, 3.8) is 0 Å². The van der Waals surface area contributed by atoms with Gasteiger partial charge in [0.15, 0.2) is 0 Å². The fourth-order valence-corrected chi connectivity index (χ4v) is 2.46. The van der Waals surface area contributed by atoms with Crippen LogP contribution in [0.1, 0.15) is 10.4 Å². The van der Waals surface area contributed by atoms with Crippen LogP contribution in [0.2, 0.25) is 0 Å². The van der Waals surface area contributed by atoms with Gasteiger partial charge in [-0.3, -0.25) is 4.79 Å². The molecule has 4 nitrogen and oxygen atoms in total. The van der Waals surface area contributed by atoms with E-state index in [1.54, 1.807) is 24.6 Å². The fourth-order valence-electron chi connectivity index (χ4n) is 1.55. The first kappa shape index (κ1) is 12.6. The van der Waals surface area contributed by atoms with E-state index in [-0.39, 0.29) is 5.91 Å². The van der Waals surface area contributed by atoms with Crippen LogP contribution in [0.25, 0.3) is 0 Å².